The van der Waals surface area contributed by atoms with Gasteiger partial charge in [0.1, 0.15) is 18.1 Å². The van der Waals surface area contributed by atoms with Gasteiger partial charge in [0.15, 0.2) is 0 Å². The number of methoxy groups -OCH3 is 1. The zero-order chi connectivity index (χ0) is 12.8. The van der Waals surface area contributed by atoms with Crippen LogP contribution in [-0.2, 0) is 13.0 Å². The monoisotopic (exact) mass is 242 g/mol. The van der Waals surface area contributed by atoms with Crippen LogP contribution < -0.4 is 9.47 Å². The lowest BCUT2D eigenvalue weighted by Crippen LogP contribution is -2.00. The molecule has 18 heavy (non-hydrogen) atoms. The Kier molecular flexibility index (Phi) is 4.24. The second-order valence-electron chi connectivity index (χ2n) is 4.14. The quantitative estimate of drug-likeness (QED) is 0.796. The predicted octanol–water partition coefficient (Wildman–Crippen LogP) is 3.84. The lowest BCUT2D eigenvalue weighted by atomic mass is 10.2. The molecule has 0 N–H and O–H groups in total. The van der Waals surface area contributed by atoms with Gasteiger partial charge in [0, 0.05) is 0 Å². The van der Waals surface area contributed by atoms with E-state index in [9.17, 15) is 0 Å². The van der Waals surface area contributed by atoms with Gasteiger partial charge in [0.05, 0.1) is 7.11 Å². The third kappa shape index (κ3) is 3.27. The summed E-state index contributed by atoms with van der Waals surface area (Å²) in [5.41, 5.74) is 2.58. The van der Waals surface area contributed by atoms with E-state index in [4.69, 9.17) is 9.47 Å². The molecular weight excluding hydrogens is 224 g/mol. The molecule has 2 heterocycles. The summed E-state index contributed by atoms with van der Waals surface area (Å²) in [4.78, 5) is 0. The van der Waals surface area contributed by atoms with Crippen molar-refractivity contribution < 1.29 is 9.47 Å². The van der Waals surface area contributed by atoms with Crippen LogP contribution in [0, 0.1) is 0 Å². The van der Waals surface area contributed by atoms with Gasteiger partial charge in [-0.2, -0.15) is 0 Å². The van der Waals surface area contributed by atoms with Crippen LogP contribution in [0.25, 0.3) is 0 Å². The molecule has 0 aromatic heterocycles. The zero-order valence-corrected chi connectivity index (χ0v) is 10.8. The molecule has 2 nitrogen and oxygen atoms in total. The molecule has 0 saturated heterocycles. The highest BCUT2D eigenvalue weighted by Gasteiger charge is 2.01. The summed E-state index contributed by atoms with van der Waals surface area (Å²) in [6.45, 7) is 2.90. The molecular formula is C16H18O2. The number of benzene rings is 2. The number of hydrogen-bond donors (Lipinski definition) is 0. The molecule has 0 radical (unpaired) electrons. The van der Waals surface area contributed by atoms with Crippen molar-refractivity contribution in [3.63, 3.8) is 0 Å². The van der Waals surface area contributed by atoms with Gasteiger partial charge in [-0.05, 0) is 41.8 Å². The van der Waals surface area contributed by atoms with Crippen LogP contribution in [-0.4, -0.2) is 7.11 Å². The molecule has 94 valence electrons. The fourth-order valence-electron chi connectivity index (χ4n) is 1.74. The van der Waals surface area contributed by atoms with E-state index in [0.717, 1.165) is 24.5 Å². The summed E-state index contributed by atoms with van der Waals surface area (Å²) in [6, 6.07) is 16.3. The molecule has 0 atom stereocenters. The SMILES string of the molecule is CCc1cccc(OC)c1.c1cc2ccc1CO2. The average Bonchev–Trinajstić information content (AvgIpc) is 2.50. The summed E-state index contributed by atoms with van der Waals surface area (Å²) >= 11 is 0. The van der Waals surface area contributed by atoms with Gasteiger partial charge in [-0.3, -0.25) is 0 Å². The van der Waals surface area contributed by atoms with E-state index in [1.807, 2.05) is 24.3 Å². The fourth-order valence-corrected chi connectivity index (χ4v) is 1.74. The molecule has 0 aliphatic carbocycles. The van der Waals surface area contributed by atoms with Gasteiger partial charge in [-0.1, -0.05) is 31.2 Å². The summed E-state index contributed by atoms with van der Waals surface area (Å²) in [6.07, 6.45) is 1.07. The minimum atomic E-state index is 0.766. The normalized spacial score (nSPS) is 11.2. The highest BCUT2D eigenvalue weighted by Crippen LogP contribution is 2.19. The van der Waals surface area contributed by atoms with Crippen LogP contribution in [0.15, 0.2) is 48.5 Å². The summed E-state index contributed by atoms with van der Waals surface area (Å²) in [7, 11) is 1.69. The van der Waals surface area contributed by atoms with Crippen molar-refractivity contribution in [3.8, 4) is 11.5 Å². The van der Waals surface area contributed by atoms with Crippen LogP contribution in [0.2, 0.25) is 0 Å². The van der Waals surface area contributed by atoms with E-state index in [1.165, 1.54) is 11.1 Å². The van der Waals surface area contributed by atoms with Crippen LogP contribution in [0.4, 0.5) is 0 Å². The van der Waals surface area contributed by atoms with Crippen LogP contribution >= 0.6 is 0 Å². The summed E-state index contributed by atoms with van der Waals surface area (Å²) in [5, 5.41) is 0. The van der Waals surface area contributed by atoms with Crippen LogP contribution in [0.1, 0.15) is 18.1 Å². The number of ether oxygens (including phenoxy) is 2. The van der Waals surface area contributed by atoms with Gasteiger partial charge in [0.25, 0.3) is 0 Å². The first-order chi connectivity index (χ1) is 8.81. The van der Waals surface area contributed by atoms with E-state index >= 15 is 0 Å². The Morgan fingerprint density at radius 2 is 1.89 bits per heavy atom. The second kappa shape index (κ2) is 6.10. The van der Waals surface area contributed by atoms with E-state index < -0.39 is 0 Å². The molecule has 0 unspecified atom stereocenters. The van der Waals surface area contributed by atoms with Gasteiger partial charge in [-0.25, -0.2) is 0 Å². The average molecular weight is 242 g/mol. The first-order valence-electron chi connectivity index (χ1n) is 6.16. The Bertz CT molecular complexity index is 446. The zero-order valence-electron chi connectivity index (χ0n) is 10.8. The third-order valence-electron chi connectivity index (χ3n) is 2.87. The number of hydrogen-bond acceptors (Lipinski definition) is 2. The minimum absolute atomic E-state index is 0.766. The Hall–Kier alpha value is -1.96. The molecule has 2 bridgehead atoms. The Morgan fingerprint density at radius 1 is 1.11 bits per heavy atom. The number of aryl methyl sites for hydroxylation is 1. The molecule has 4 rings (SSSR count). The highest BCUT2D eigenvalue weighted by molar-refractivity contribution is 5.30. The first-order valence-corrected chi connectivity index (χ1v) is 6.16. The van der Waals surface area contributed by atoms with Crippen molar-refractivity contribution in [3.05, 3.63) is 59.7 Å². The molecule has 2 aromatic rings. The molecule has 0 amide bonds. The van der Waals surface area contributed by atoms with Gasteiger partial charge in [-0.15, -0.1) is 0 Å². The van der Waals surface area contributed by atoms with Crippen LogP contribution in [0.5, 0.6) is 11.5 Å². The molecule has 0 spiro atoms. The number of fused-ring (bicyclic) bond motifs is 3. The molecule has 2 aromatic carbocycles. The lowest BCUT2D eigenvalue weighted by molar-refractivity contribution is 0.295. The Balaban J connectivity index is 0.000000136. The smallest absolute Gasteiger partial charge is 0.119 e. The van der Waals surface area contributed by atoms with E-state index in [2.05, 4.69) is 31.2 Å². The molecule has 0 fully saturated rings. The van der Waals surface area contributed by atoms with E-state index in [0.29, 0.717) is 0 Å². The standard InChI is InChI=1S/C9H12O.C7H6O/c1-3-8-5-4-6-9(7-8)10-2;1-3-7-4-2-6(1)5-8-7/h4-7H,3H2,1-2H3;1-4H,5H2. The largest absolute Gasteiger partial charge is 0.497 e. The fraction of sp³-hybridized carbons (Fsp3) is 0.250. The van der Waals surface area contributed by atoms with Crippen molar-refractivity contribution in [1.82, 2.24) is 0 Å². The van der Waals surface area contributed by atoms with E-state index in [1.54, 1.807) is 7.11 Å². The maximum atomic E-state index is 5.18. The van der Waals surface area contributed by atoms with Crippen LogP contribution in [0.3, 0.4) is 0 Å². The van der Waals surface area contributed by atoms with Gasteiger partial charge >= 0.3 is 0 Å². The minimum Gasteiger partial charge on any atom is -0.497 e. The molecule has 2 heteroatoms. The highest BCUT2D eigenvalue weighted by atomic mass is 16.5. The maximum Gasteiger partial charge on any atom is 0.119 e. The van der Waals surface area contributed by atoms with Gasteiger partial charge < -0.3 is 9.47 Å². The summed E-state index contributed by atoms with van der Waals surface area (Å²) < 4.78 is 10.2. The van der Waals surface area contributed by atoms with Gasteiger partial charge in [0.2, 0.25) is 0 Å². The van der Waals surface area contributed by atoms with Crippen molar-refractivity contribution in [2.45, 2.75) is 20.0 Å². The van der Waals surface area contributed by atoms with Crippen molar-refractivity contribution in [2.75, 3.05) is 7.11 Å². The van der Waals surface area contributed by atoms with Crippen molar-refractivity contribution >= 4 is 0 Å². The Labute approximate surface area is 108 Å². The van der Waals surface area contributed by atoms with Crippen molar-refractivity contribution in [1.29, 1.82) is 0 Å². The number of rotatable bonds is 2. The first kappa shape index (κ1) is 12.5. The topological polar surface area (TPSA) is 18.5 Å². The second-order valence-corrected chi connectivity index (χ2v) is 4.14. The summed E-state index contributed by atoms with van der Waals surface area (Å²) in [5.74, 6) is 1.93. The predicted molar refractivity (Wildman–Crippen MR) is 73.1 cm³/mol. The maximum absolute atomic E-state index is 5.18. The Morgan fingerprint density at radius 3 is 2.28 bits per heavy atom. The molecule has 2 aliphatic heterocycles. The lowest BCUT2D eigenvalue weighted by Gasteiger charge is -2.11. The molecule has 2 aliphatic rings. The molecule has 0 saturated carbocycles. The van der Waals surface area contributed by atoms with E-state index in [-0.39, 0.29) is 0 Å². The third-order valence-corrected chi connectivity index (χ3v) is 2.87. The van der Waals surface area contributed by atoms with Crippen molar-refractivity contribution in [2.24, 2.45) is 0 Å².